The van der Waals surface area contributed by atoms with E-state index in [2.05, 4.69) is 13.8 Å². The summed E-state index contributed by atoms with van der Waals surface area (Å²) in [6, 6.07) is 0. The van der Waals surface area contributed by atoms with Crippen LogP contribution in [0.15, 0.2) is 0 Å². The van der Waals surface area contributed by atoms with Crippen molar-refractivity contribution >= 4 is 0 Å². The average Bonchev–Trinajstić information content (AvgIpc) is 1.88. The van der Waals surface area contributed by atoms with Crippen LogP contribution in [0, 0.1) is 12.0 Å². The highest BCUT2D eigenvalue weighted by molar-refractivity contribution is 4.84. The lowest BCUT2D eigenvalue weighted by Gasteiger charge is -2.23. The molecular formula is C8H17O2. The highest BCUT2D eigenvalue weighted by Gasteiger charge is 2.20. The van der Waals surface area contributed by atoms with E-state index in [0.717, 1.165) is 6.10 Å². The number of methoxy groups -OCH3 is 2. The van der Waals surface area contributed by atoms with Crippen LogP contribution < -0.4 is 0 Å². The fourth-order valence-electron chi connectivity index (χ4n) is 1.02. The maximum atomic E-state index is 5.20. The van der Waals surface area contributed by atoms with Crippen LogP contribution in [0.2, 0.25) is 0 Å². The van der Waals surface area contributed by atoms with E-state index in [4.69, 9.17) is 9.47 Å². The maximum absolute atomic E-state index is 5.20. The lowest BCUT2D eigenvalue weighted by molar-refractivity contribution is 0.00980. The Morgan fingerprint density at radius 3 is 1.80 bits per heavy atom. The zero-order valence-electron chi connectivity index (χ0n) is 7.47. The first-order valence-corrected chi connectivity index (χ1v) is 3.53. The molecule has 0 rings (SSSR count). The minimum absolute atomic E-state index is 0.130. The number of rotatable bonds is 4. The van der Waals surface area contributed by atoms with E-state index in [1.54, 1.807) is 14.2 Å². The third-order valence-corrected chi connectivity index (χ3v) is 1.58. The topological polar surface area (TPSA) is 18.5 Å². The first kappa shape index (κ1) is 9.92. The first-order valence-electron chi connectivity index (χ1n) is 3.53. The zero-order valence-corrected chi connectivity index (χ0v) is 7.47. The van der Waals surface area contributed by atoms with Crippen LogP contribution in [-0.2, 0) is 9.47 Å². The van der Waals surface area contributed by atoms with Gasteiger partial charge >= 0.3 is 0 Å². The Balaban J connectivity index is 3.80. The molecule has 0 amide bonds. The predicted octanol–water partition coefficient (Wildman–Crippen LogP) is 1.86. The number of ether oxygens (including phenoxy) is 2. The zero-order chi connectivity index (χ0) is 8.15. The second-order valence-corrected chi connectivity index (χ2v) is 2.72. The molecular weight excluding hydrogens is 128 g/mol. The van der Waals surface area contributed by atoms with E-state index in [-0.39, 0.29) is 6.10 Å². The molecule has 1 radical (unpaired) electrons. The van der Waals surface area contributed by atoms with Crippen molar-refractivity contribution in [2.24, 2.45) is 5.92 Å². The van der Waals surface area contributed by atoms with Gasteiger partial charge in [0.05, 0.1) is 6.10 Å². The van der Waals surface area contributed by atoms with E-state index < -0.39 is 0 Å². The van der Waals surface area contributed by atoms with Gasteiger partial charge in [-0.2, -0.15) is 0 Å². The Kier molecular flexibility index (Phi) is 4.65. The molecule has 0 aromatic carbocycles. The van der Waals surface area contributed by atoms with Gasteiger partial charge in [-0.3, -0.25) is 0 Å². The van der Waals surface area contributed by atoms with Gasteiger partial charge in [0.2, 0.25) is 0 Å². The fourth-order valence-corrected chi connectivity index (χ4v) is 1.02. The number of hydrogen-bond acceptors (Lipinski definition) is 2. The Bertz CT molecular complexity index is 81.3. The molecule has 0 aliphatic rings. The molecule has 1 unspecified atom stereocenters. The van der Waals surface area contributed by atoms with Crippen molar-refractivity contribution in [2.45, 2.75) is 26.9 Å². The van der Waals surface area contributed by atoms with Crippen LogP contribution in [0.25, 0.3) is 0 Å². The molecule has 1 atom stereocenters. The van der Waals surface area contributed by atoms with Crippen molar-refractivity contribution in [2.75, 3.05) is 14.2 Å². The van der Waals surface area contributed by atoms with E-state index in [1.165, 1.54) is 0 Å². The molecule has 0 saturated heterocycles. The molecule has 0 aromatic rings. The second kappa shape index (κ2) is 4.69. The predicted molar refractivity (Wildman–Crippen MR) is 41.6 cm³/mol. The average molecular weight is 145 g/mol. The molecule has 0 aromatic heterocycles. The summed E-state index contributed by atoms with van der Waals surface area (Å²) in [4.78, 5) is 0. The Labute approximate surface area is 63.5 Å². The maximum Gasteiger partial charge on any atom is 0.122 e. The molecule has 2 nitrogen and oxygen atoms in total. The molecule has 0 bridgehead atoms. The number of hydrogen-bond donors (Lipinski definition) is 0. The highest BCUT2D eigenvalue weighted by atomic mass is 16.5. The molecule has 0 saturated carbocycles. The van der Waals surface area contributed by atoms with Gasteiger partial charge in [-0.25, -0.2) is 0 Å². The molecule has 10 heavy (non-hydrogen) atoms. The molecule has 0 aliphatic heterocycles. The van der Waals surface area contributed by atoms with Crippen molar-refractivity contribution in [3.05, 3.63) is 6.10 Å². The summed E-state index contributed by atoms with van der Waals surface area (Å²) in [5, 5.41) is 0. The molecule has 61 valence electrons. The SMILES string of the molecule is CO[C](C)C(OC)C(C)C. The minimum atomic E-state index is 0.130. The molecule has 2 heteroatoms. The van der Waals surface area contributed by atoms with E-state index in [0.29, 0.717) is 5.92 Å². The smallest absolute Gasteiger partial charge is 0.122 e. The van der Waals surface area contributed by atoms with Crippen LogP contribution in [0.1, 0.15) is 20.8 Å². The largest absolute Gasteiger partial charge is 0.378 e. The third kappa shape index (κ3) is 2.67. The van der Waals surface area contributed by atoms with Gasteiger partial charge in [0.15, 0.2) is 0 Å². The van der Waals surface area contributed by atoms with Crippen LogP contribution in [-0.4, -0.2) is 20.3 Å². The first-order chi connectivity index (χ1) is 4.63. The second-order valence-electron chi connectivity index (χ2n) is 2.72. The van der Waals surface area contributed by atoms with Gasteiger partial charge in [-0.15, -0.1) is 0 Å². The van der Waals surface area contributed by atoms with Gasteiger partial charge < -0.3 is 9.47 Å². The summed E-state index contributed by atoms with van der Waals surface area (Å²) in [6.45, 7) is 6.15. The van der Waals surface area contributed by atoms with Crippen molar-refractivity contribution in [3.8, 4) is 0 Å². The summed E-state index contributed by atoms with van der Waals surface area (Å²) >= 11 is 0. The standard InChI is InChI=1S/C8H17O2/c1-6(2)8(10-5)7(3)9-4/h6,8H,1-5H3. The van der Waals surface area contributed by atoms with Crippen molar-refractivity contribution in [3.63, 3.8) is 0 Å². The van der Waals surface area contributed by atoms with Crippen LogP contribution in [0.3, 0.4) is 0 Å². The monoisotopic (exact) mass is 145 g/mol. The lowest BCUT2D eigenvalue weighted by atomic mass is 10.0. The summed E-state index contributed by atoms with van der Waals surface area (Å²) in [6.07, 6.45) is 1.07. The van der Waals surface area contributed by atoms with Gasteiger partial charge in [0.25, 0.3) is 0 Å². The van der Waals surface area contributed by atoms with E-state index >= 15 is 0 Å². The van der Waals surface area contributed by atoms with Crippen LogP contribution >= 0.6 is 0 Å². The van der Waals surface area contributed by atoms with E-state index in [9.17, 15) is 0 Å². The molecule has 0 fully saturated rings. The van der Waals surface area contributed by atoms with Gasteiger partial charge in [0.1, 0.15) is 6.10 Å². The van der Waals surface area contributed by atoms with Crippen molar-refractivity contribution in [1.82, 2.24) is 0 Å². The normalized spacial score (nSPS) is 14.7. The van der Waals surface area contributed by atoms with Crippen molar-refractivity contribution in [1.29, 1.82) is 0 Å². The summed E-state index contributed by atoms with van der Waals surface area (Å²) in [7, 11) is 3.37. The van der Waals surface area contributed by atoms with Gasteiger partial charge in [-0.1, -0.05) is 13.8 Å². The Hall–Kier alpha value is -0.0800. The Morgan fingerprint density at radius 1 is 1.20 bits per heavy atom. The highest BCUT2D eigenvalue weighted by Crippen LogP contribution is 2.17. The van der Waals surface area contributed by atoms with Crippen molar-refractivity contribution < 1.29 is 9.47 Å². The fraction of sp³-hybridized carbons (Fsp3) is 0.875. The van der Waals surface area contributed by atoms with Gasteiger partial charge in [-0.05, 0) is 12.8 Å². The van der Waals surface area contributed by atoms with Gasteiger partial charge in [0, 0.05) is 14.2 Å². The lowest BCUT2D eigenvalue weighted by Crippen LogP contribution is -2.25. The molecule has 0 aliphatic carbocycles. The quantitative estimate of drug-likeness (QED) is 0.601. The molecule has 0 spiro atoms. The van der Waals surface area contributed by atoms with Crippen LogP contribution in [0.5, 0.6) is 0 Å². The Morgan fingerprint density at radius 2 is 1.70 bits per heavy atom. The van der Waals surface area contributed by atoms with E-state index in [1.807, 2.05) is 6.92 Å². The van der Waals surface area contributed by atoms with Crippen LogP contribution in [0.4, 0.5) is 0 Å². The molecule has 0 heterocycles. The summed E-state index contributed by atoms with van der Waals surface area (Å²) in [5.41, 5.74) is 0. The molecule has 0 N–H and O–H groups in total. The minimum Gasteiger partial charge on any atom is -0.378 e. The summed E-state index contributed by atoms with van der Waals surface area (Å²) in [5.74, 6) is 0.477. The summed E-state index contributed by atoms with van der Waals surface area (Å²) < 4.78 is 10.3. The third-order valence-electron chi connectivity index (χ3n) is 1.58.